The molecular weight excluding hydrogens is 194 g/mol. The number of carbonyl (C=O) groups excluding carboxylic acids is 1. The van der Waals surface area contributed by atoms with E-state index in [0.29, 0.717) is 0 Å². The molecule has 0 atom stereocenters. The van der Waals surface area contributed by atoms with Crippen LogP contribution in [0.5, 0.6) is 0 Å². The lowest BCUT2D eigenvalue weighted by Crippen LogP contribution is -2.20. The van der Waals surface area contributed by atoms with Gasteiger partial charge in [0.1, 0.15) is 0 Å². The maximum absolute atomic E-state index is 10.9. The van der Waals surface area contributed by atoms with E-state index >= 15 is 0 Å². The van der Waals surface area contributed by atoms with Crippen LogP contribution in [-0.4, -0.2) is 28.7 Å². The van der Waals surface area contributed by atoms with Gasteiger partial charge in [-0.2, -0.15) is 5.26 Å². The van der Waals surface area contributed by atoms with E-state index in [1.165, 1.54) is 30.6 Å². The second-order valence-corrected chi connectivity index (χ2v) is 5.36. The highest BCUT2D eigenvalue weighted by Gasteiger charge is 2.38. The molecule has 0 aromatic carbocycles. The number of carbonyl (C=O) groups is 1. The van der Waals surface area contributed by atoms with Crippen LogP contribution in [0.1, 0.15) is 6.42 Å². The second-order valence-electron chi connectivity index (χ2n) is 2.31. The number of methoxy groups -OCH3 is 1. The Morgan fingerprint density at radius 3 is 2.67 bits per heavy atom. The van der Waals surface area contributed by atoms with Crippen molar-refractivity contribution in [2.75, 3.05) is 18.6 Å². The number of nitriles is 1. The van der Waals surface area contributed by atoms with Gasteiger partial charge in [0.05, 0.1) is 19.6 Å². The van der Waals surface area contributed by atoms with Crippen LogP contribution in [0.2, 0.25) is 0 Å². The van der Waals surface area contributed by atoms with Crippen molar-refractivity contribution in [3.05, 3.63) is 0 Å². The van der Waals surface area contributed by atoms with Crippen molar-refractivity contribution in [1.82, 2.24) is 0 Å². The Bertz CT molecular complexity index is 218. The van der Waals surface area contributed by atoms with E-state index in [9.17, 15) is 4.79 Å². The summed E-state index contributed by atoms with van der Waals surface area (Å²) < 4.78 is 3.95. The Morgan fingerprint density at radius 2 is 2.25 bits per heavy atom. The van der Waals surface area contributed by atoms with Gasteiger partial charge in [0, 0.05) is 11.5 Å². The Kier molecular flexibility index (Phi) is 3.29. The minimum Gasteiger partial charge on any atom is -0.469 e. The maximum atomic E-state index is 10.9. The van der Waals surface area contributed by atoms with Gasteiger partial charge in [-0.25, -0.2) is 0 Å². The first-order chi connectivity index (χ1) is 5.72. The summed E-state index contributed by atoms with van der Waals surface area (Å²) in [6.07, 6.45) is 0.190. The van der Waals surface area contributed by atoms with Gasteiger partial charge in [0.15, 0.2) is 4.08 Å². The zero-order valence-corrected chi connectivity index (χ0v) is 8.33. The van der Waals surface area contributed by atoms with Crippen LogP contribution in [-0.2, 0) is 9.53 Å². The van der Waals surface area contributed by atoms with Crippen molar-refractivity contribution in [2.24, 2.45) is 0 Å². The molecule has 3 nitrogen and oxygen atoms in total. The fraction of sp³-hybridized carbons (Fsp3) is 0.714. The summed E-state index contributed by atoms with van der Waals surface area (Å²) in [5.74, 6) is 1.57. The normalized spacial score (nSPS) is 20.0. The molecule has 5 heteroatoms. The summed E-state index contributed by atoms with van der Waals surface area (Å²) in [4.78, 5) is 10.9. The van der Waals surface area contributed by atoms with Gasteiger partial charge in [-0.3, -0.25) is 4.79 Å². The zero-order chi connectivity index (χ0) is 9.03. The number of nitrogens with zero attached hydrogens (tertiary/aromatic N) is 1. The third kappa shape index (κ3) is 2.08. The van der Waals surface area contributed by atoms with Gasteiger partial charge in [-0.1, -0.05) is 0 Å². The zero-order valence-electron chi connectivity index (χ0n) is 6.70. The van der Waals surface area contributed by atoms with E-state index in [1.807, 2.05) is 0 Å². The fourth-order valence-corrected chi connectivity index (χ4v) is 3.65. The first-order valence-electron chi connectivity index (χ1n) is 3.48. The lowest BCUT2D eigenvalue weighted by Gasteiger charge is -2.15. The Labute approximate surface area is 79.8 Å². The topological polar surface area (TPSA) is 50.1 Å². The maximum Gasteiger partial charge on any atom is 0.308 e. The molecule has 0 spiro atoms. The molecule has 12 heavy (non-hydrogen) atoms. The first kappa shape index (κ1) is 9.75. The number of thioether (sulfide) groups is 2. The number of esters is 1. The van der Waals surface area contributed by atoms with Gasteiger partial charge in [-0.05, 0) is 0 Å². The SMILES string of the molecule is COC(=O)CC1(C#N)SCCS1. The molecule has 66 valence electrons. The highest BCUT2D eigenvalue weighted by atomic mass is 32.2. The van der Waals surface area contributed by atoms with Crippen LogP contribution in [0.3, 0.4) is 0 Å². The molecule has 0 radical (unpaired) electrons. The van der Waals surface area contributed by atoms with Crippen molar-refractivity contribution in [3.8, 4) is 6.07 Å². The molecule has 1 saturated heterocycles. The van der Waals surface area contributed by atoms with Crippen LogP contribution >= 0.6 is 23.5 Å². The lowest BCUT2D eigenvalue weighted by molar-refractivity contribution is -0.140. The molecule has 0 amide bonds. The van der Waals surface area contributed by atoms with E-state index < -0.39 is 4.08 Å². The van der Waals surface area contributed by atoms with E-state index in [-0.39, 0.29) is 12.4 Å². The van der Waals surface area contributed by atoms with Crippen LogP contribution < -0.4 is 0 Å². The molecule has 1 rings (SSSR count). The van der Waals surface area contributed by atoms with Crippen LogP contribution in [0, 0.1) is 11.3 Å². The number of rotatable bonds is 2. The molecule has 1 aliphatic heterocycles. The van der Waals surface area contributed by atoms with E-state index in [4.69, 9.17) is 5.26 Å². The minimum absolute atomic E-state index is 0.190. The van der Waals surface area contributed by atoms with Gasteiger partial charge in [0.25, 0.3) is 0 Å². The summed E-state index contributed by atoms with van der Waals surface area (Å²) in [6, 6.07) is 2.17. The molecular formula is C7H9NO2S2. The average molecular weight is 203 g/mol. The van der Waals surface area contributed by atoms with Crippen molar-refractivity contribution in [2.45, 2.75) is 10.5 Å². The van der Waals surface area contributed by atoms with E-state index in [2.05, 4.69) is 10.8 Å². The number of hydrogen-bond donors (Lipinski definition) is 0. The molecule has 0 aliphatic carbocycles. The molecule has 0 aromatic rings. The monoisotopic (exact) mass is 203 g/mol. The van der Waals surface area contributed by atoms with Crippen LogP contribution in [0.25, 0.3) is 0 Å². The predicted molar refractivity (Wildman–Crippen MR) is 49.9 cm³/mol. The Morgan fingerprint density at radius 1 is 1.67 bits per heavy atom. The number of hydrogen-bond acceptors (Lipinski definition) is 5. The smallest absolute Gasteiger partial charge is 0.308 e. The van der Waals surface area contributed by atoms with Gasteiger partial charge in [0.2, 0.25) is 0 Å². The molecule has 1 fully saturated rings. The molecule has 0 bridgehead atoms. The lowest BCUT2D eigenvalue weighted by atomic mass is 10.3. The summed E-state index contributed by atoms with van der Waals surface area (Å²) in [6.45, 7) is 0. The standard InChI is InChI=1S/C7H9NO2S2/c1-10-6(9)4-7(5-8)11-2-3-12-7/h2-4H2,1H3. The van der Waals surface area contributed by atoms with E-state index in [0.717, 1.165) is 11.5 Å². The summed E-state index contributed by atoms with van der Waals surface area (Å²) in [5, 5.41) is 8.86. The van der Waals surface area contributed by atoms with Crippen molar-refractivity contribution < 1.29 is 9.53 Å². The third-order valence-corrected chi connectivity index (χ3v) is 4.71. The number of ether oxygens (including phenoxy) is 1. The molecule has 0 saturated carbocycles. The predicted octanol–water partition coefficient (Wildman–Crippen LogP) is 1.25. The highest BCUT2D eigenvalue weighted by molar-refractivity contribution is 8.21. The summed E-state index contributed by atoms with van der Waals surface area (Å²) in [5.41, 5.74) is 0. The Hall–Kier alpha value is -0.340. The van der Waals surface area contributed by atoms with Crippen molar-refractivity contribution in [3.63, 3.8) is 0 Å². The largest absolute Gasteiger partial charge is 0.469 e. The first-order valence-corrected chi connectivity index (χ1v) is 5.45. The van der Waals surface area contributed by atoms with Gasteiger partial charge in [-0.15, -0.1) is 23.5 Å². The van der Waals surface area contributed by atoms with E-state index in [1.54, 1.807) is 0 Å². The van der Waals surface area contributed by atoms with Crippen LogP contribution in [0.15, 0.2) is 0 Å². The molecule has 0 unspecified atom stereocenters. The second kappa shape index (κ2) is 4.06. The average Bonchev–Trinajstić information content (AvgIpc) is 2.54. The molecule has 1 aliphatic rings. The molecule has 0 N–H and O–H groups in total. The fourth-order valence-electron chi connectivity index (χ4n) is 0.923. The Balaban J connectivity index is 2.57. The molecule has 0 aromatic heterocycles. The quantitative estimate of drug-likeness (QED) is 0.632. The third-order valence-electron chi connectivity index (χ3n) is 1.53. The van der Waals surface area contributed by atoms with Gasteiger partial charge < -0.3 is 4.74 Å². The van der Waals surface area contributed by atoms with Crippen molar-refractivity contribution >= 4 is 29.5 Å². The van der Waals surface area contributed by atoms with Crippen LogP contribution in [0.4, 0.5) is 0 Å². The highest BCUT2D eigenvalue weighted by Crippen LogP contribution is 2.45. The molecule has 1 heterocycles. The summed E-state index contributed by atoms with van der Waals surface area (Å²) >= 11 is 3.07. The minimum atomic E-state index is -0.576. The summed E-state index contributed by atoms with van der Waals surface area (Å²) in [7, 11) is 1.34. The van der Waals surface area contributed by atoms with Crippen molar-refractivity contribution in [1.29, 1.82) is 5.26 Å². The van der Waals surface area contributed by atoms with Gasteiger partial charge >= 0.3 is 5.97 Å².